The van der Waals surface area contributed by atoms with Crippen molar-refractivity contribution in [2.45, 2.75) is 37.8 Å². The molecule has 1 aliphatic carbocycles. The van der Waals surface area contributed by atoms with Crippen LogP contribution in [0.5, 0.6) is 11.6 Å². The van der Waals surface area contributed by atoms with Gasteiger partial charge in [-0.25, -0.2) is 4.98 Å². The van der Waals surface area contributed by atoms with Crippen LogP contribution in [0.1, 0.15) is 25.7 Å². The Morgan fingerprint density at radius 3 is 2.94 bits per heavy atom. The molecule has 18 heavy (non-hydrogen) atoms. The Balaban J connectivity index is 2.17. The molecule has 0 spiro atoms. The first kappa shape index (κ1) is 12.9. The molecule has 0 radical (unpaired) electrons. The van der Waals surface area contributed by atoms with Crippen molar-refractivity contribution in [1.29, 1.82) is 0 Å². The number of rotatable bonds is 4. The summed E-state index contributed by atoms with van der Waals surface area (Å²) in [4.78, 5) is 18.1. The van der Waals surface area contributed by atoms with Gasteiger partial charge in [-0.15, -0.1) is 0 Å². The first-order valence-corrected chi connectivity index (χ1v) is 6.22. The second kappa shape index (κ2) is 5.86. The molecule has 6 heteroatoms. The van der Waals surface area contributed by atoms with E-state index in [-0.39, 0.29) is 23.3 Å². The third kappa shape index (κ3) is 2.64. The van der Waals surface area contributed by atoms with Crippen LogP contribution in [0.25, 0.3) is 0 Å². The minimum absolute atomic E-state index is 0.0342. The summed E-state index contributed by atoms with van der Waals surface area (Å²) in [6.07, 6.45) is 5.74. The molecule has 2 rings (SSSR count). The van der Waals surface area contributed by atoms with Crippen LogP contribution in [0.4, 0.5) is 0 Å². The van der Waals surface area contributed by atoms with Gasteiger partial charge in [0.05, 0.1) is 13.4 Å². The lowest BCUT2D eigenvalue weighted by molar-refractivity contribution is 0.108. The van der Waals surface area contributed by atoms with Gasteiger partial charge in [0.15, 0.2) is 0 Å². The fourth-order valence-electron chi connectivity index (χ4n) is 2.35. The molecular weight excluding hydrogens is 234 g/mol. The second-order valence-electron chi connectivity index (χ2n) is 4.41. The Kier molecular flexibility index (Phi) is 4.19. The molecule has 0 aliphatic heterocycles. The lowest BCUT2D eigenvalue weighted by atomic mass is 9.92. The molecule has 6 nitrogen and oxygen atoms in total. The largest absolute Gasteiger partial charge is 0.487 e. The number of H-pyrrole nitrogens is 1. The quantitative estimate of drug-likeness (QED) is 0.825. The van der Waals surface area contributed by atoms with Gasteiger partial charge in [-0.05, 0) is 26.3 Å². The first-order valence-electron chi connectivity index (χ1n) is 6.22. The Morgan fingerprint density at radius 2 is 2.22 bits per heavy atom. The zero-order chi connectivity index (χ0) is 13.0. The fourth-order valence-corrected chi connectivity index (χ4v) is 2.35. The number of aromatic nitrogens is 2. The number of hydrogen-bond acceptors (Lipinski definition) is 5. The van der Waals surface area contributed by atoms with Gasteiger partial charge in [0, 0.05) is 6.04 Å². The topological polar surface area (TPSA) is 76.2 Å². The van der Waals surface area contributed by atoms with Crippen molar-refractivity contribution in [1.82, 2.24) is 15.3 Å². The van der Waals surface area contributed by atoms with Gasteiger partial charge in [-0.2, -0.15) is 0 Å². The Morgan fingerprint density at radius 1 is 1.44 bits per heavy atom. The van der Waals surface area contributed by atoms with Crippen LogP contribution < -0.4 is 20.3 Å². The molecule has 1 aromatic heterocycles. The van der Waals surface area contributed by atoms with Gasteiger partial charge in [0.2, 0.25) is 5.75 Å². The number of nitrogens with one attached hydrogen (secondary N) is 2. The Bertz CT molecular complexity index is 446. The predicted octanol–water partition coefficient (Wildman–Crippen LogP) is 0.688. The Labute approximate surface area is 106 Å². The number of ether oxygens (including phenoxy) is 2. The summed E-state index contributed by atoms with van der Waals surface area (Å²) in [7, 11) is 3.37. The molecule has 0 amide bonds. The summed E-state index contributed by atoms with van der Waals surface area (Å²) in [5.74, 6) is 0.409. The highest BCUT2D eigenvalue weighted by Crippen LogP contribution is 2.26. The summed E-state index contributed by atoms with van der Waals surface area (Å²) in [5.41, 5.74) is -0.320. The average Bonchev–Trinajstić information content (AvgIpc) is 2.40. The van der Waals surface area contributed by atoms with Crippen molar-refractivity contribution in [3.63, 3.8) is 0 Å². The van der Waals surface area contributed by atoms with Crippen LogP contribution >= 0.6 is 0 Å². The number of nitrogens with zero attached hydrogens (tertiary/aromatic N) is 1. The van der Waals surface area contributed by atoms with Gasteiger partial charge in [0.1, 0.15) is 6.10 Å². The highest BCUT2D eigenvalue weighted by molar-refractivity contribution is 5.29. The van der Waals surface area contributed by atoms with Crippen LogP contribution in [0.15, 0.2) is 11.1 Å². The molecule has 2 N–H and O–H groups in total. The van der Waals surface area contributed by atoms with E-state index in [1.807, 2.05) is 7.05 Å². The molecule has 1 heterocycles. The van der Waals surface area contributed by atoms with Gasteiger partial charge in [-0.1, -0.05) is 6.42 Å². The van der Waals surface area contributed by atoms with Crippen LogP contribution in [0.2, 0.25) is 0 Å². The summed E-state index contributed by atoms with van der Waals surface area (Å²) < 4.78 is 10.9. The van der Waals surface area contributed by atoms with Crippen LogP contribution in [0.3, 0.4) is 0 Å². The minimum Gasteiger partial charge on any atom is -0.487 e. The second-order valence-corrected chi connectivity index (χ2v) is 4.41. The molecule has 1 aliphatic rings. The van der Waals surface area contributed by atoms with E-state index in [1.54, 1.807) is 0 Å². The van der Waals surface area contributed by atoms with Crippen molar-refractivity contribution in [2.75, 3.05) is 14.2 Å². The normalized spacial score (nSPS) is 23.7. The van der Waals surface area contributed by atoms with Crippen LogP contribution in [0, 0.1) is 0 Å². The maximum absolute atomic E-state index is 11.5. The molecule has 1 fully saturated rings. The van der Waals surface area contributed by atoms with Crippen molar-refractivity contribution >= 4 is 0 Å². The van der Waals surface area contributed by atoms with Crippen LogP contribution in [-0.4, -0.2) is 36.3 Å². The van der Waals surface area contributed by atoms with Gasteiger partial charge in [0.25, 0.3) is 11.4 Å². The van der Waals surface area contributed by atoms with Crippen LogP contribution in [-0.2, 0) is 0 Å². The Hall–Kier alpha value is -1.56. The van der Waals surface area contributed by atoms with E-state index in [1.165, 1.54) is 19.9 Å². The molecule has 0 aromatic carbocycles. The monoisotopic (exact) mass is 253 g/mol. The zero-order valence-electron chi connectivity index (χ0n) is 10.7. The van der Waals surface area contributed by atoms with Crippen molar-refractivity contribution < 1.29 is 9.47 Å². The van der Waals surface area contributed by atoms with E-state index < -0.39 is 0 Å². The summed E-state index contributed by atoms with van der Waals surface area (Å²) >= 11 is 0. The molecular formula is C12H19N3O3. The number of methoxy groups -OCH3 is 1. The maximum atomic E-state index is 11.5. The zero-order valence-corrected chi connectivity index (χ0v) is 10.7. The first-order chi connectivity index (χ1) is 8.76. The van der Waals surface area contributed by atoms with Gasteiger partial charge >= 0.3 is 0 Å². The average molecular weight is 253 g/mol. The molecule has 0 bridgehead atoms. The summed E-state index contributed by atoms with van der Waals surface area (Å²) in [6, 6.07) is 0.296. The molecule has 100 valence electrons. The third-order valence-electron chi connectivity index (χ3n) is 3.32. The maximum Gasteiger partial charge on any atom is 0.297 e. The van der Waals surface area contributed by atoms with E-state index in [9.17, 15) is 4.79 Å². The molecule has 1 saturated carbocycles. The lowest BCUT2D eigenvalue weighted by Crippen LogP contribution is -2.43. The van der Waals surface area contributed by atoms with Crippen molar-refractivity contribution in [3.05, 3.63) is 16.7 Å². The highest BCUT2D eigenvalue weighted by Gasteiger charge is 2.27. The van der Waals surface area contributed by atoms with E-state index in [4.69, 9.17) is 9.47 Å². The van der Waals surface area contributed by atoms with E-state index in [0.29, 0.717) is 6.04 Å². The SMILES string of the molecule is CNC1CCCCC1Oc1nc[nH]c(=O)c1OC. The number of likely N-dealkylation sites (N-methyl/N-ethyl adjacent to an activating group) is 1. The predicted molar refractivity (Wildman–Crippen MR) is 67.1 cm³/mol. The van der Waals surface area contributed by atoms with Gasteiger partial charge < -0.3 is 19.8 Å². The highest BCUT2D eigenvalue weighted by atomic mass is 16.5. The molecule has 2 unspecified atom stereocenters. The third-order valence-corrected chi connectivity index (χ3v) is 3.32. The summed E-state index contributed by atoms with van der Waals surface area (Å²) in [5, 5.41) is 3.25. The minimum atomic E-state index is -0.320. The molecule has 0 saturated heterocycles. The van der Waals surface area contributed by atoms with E-state index in [0.717, 1.165) is 19.3 Å². The summed E-state index contributed by atoms with van der Waals surface area (Å²) in [6.45, 7) is 0. The number of aromatic amines is 1. The smallest absolute Gasteiger partial charge is 0.297 e. The van der Waals surface area contributed by atoms with E-state index >= 15 is 0 Å². The van der Waals surface area contributed by atoms with E-state index in [2.05, 4.69) is 15.3 Å². The molecule has 2 atom stereocenters. The number of hydrogen-bond donors (Lipinski definition) is 2. The van der Waals surface area contributed by atoms with Crippen molar-refractivity contribution in [3.8, 4) is 11.6 Å². The lowest BCUT2D eigenvalue weighted by Gasteiger charge is -2.31. The standard InChI is InChI=1S/C12H19N3O3/c1-13-8-5-3-4-6-9(8)18-12-10(17-2)11(16)14-7-15-12/h7-9,13H,3-6H2,1-2H3,(H,14,15,16). The van der Waals surface area contributed by atoms with Gasteiger partial charge in [-0.3, -0.25) is 4.79 Å². The fraction of sp³-hybridized carbons (Fsp3) is 0.667. The van der Waals surface area contributed by atoms with Crippen molar-refractivity contribution in [2.24, 2.45) is 0 Å². The molecule has 1 aromatic rings.